The van der Waals surface area contributed by atoms with Crippen LogP contribution >= 0.6 is 11.3 Å². The Bertz CT molecular complexity index is 466. The van der Waals surface area contributed by atoms with Crippen LogP contribution in [0.5, 0.6) is 0 Å². The molecule has 1 aromatic rings. The summed E-state index contributed by atoms with van der Waals surface area (Å²) in [7, 11) is 0. The van der Waals surface area contributed by atoms with Crippen molar-refractivity contribution in [1.29, 1.82) is 0 Å². The van der Waals surface area contributed by atoms with Gasteiger partial charge in [0.25, 0.3) is 0 Å². The fourth-order valence-electron chi connectivity index (χ4n) is 2.19. The maximum absolute atomic E-state index is 11.6. The lowest BCUT2D eigenvalue weighted by molar-refractivity contribution is -0.146. The molecular formula is C13H18N2O3S. The molecule has 0 spiro atoms. The van der Waals surface area contributed by atoms with Crippen LogP contribution in [0.4, 0.5) is 0 Å². The van der Waals surface area contributed by atoms with Crippen molar-refractivity contribution in [1.82, 2.24) is 10.3 Å². The quantitative estimate of drug-likeness (QED) is 0.833. The van der Waals surface area contributed by atoms with Crippen LogP contribution in [0.2, 0.25) is 0 Å². The summed E-state index contributed by atoms with van der Waals surface area (Å²) in [4.78, 5) is 26.6. The molecule has 0 saturated heterocycles. The van der Waals surface area contributed by atoms with E-state index in [0.29, 0.717) is 19.3 Å². The summed E-state index contributed by atoms with van der Waals surface area (Å²) in [5, 5.41) is 14.7. The van der Waals surface area contributed by atoms with Crippen LogP contribution in [0.25, 0.3) is 0 Å². The number of carbonyl (C=O) groups excluding carboxylic acids is 1. The Balaban J connectivity index is 1.59. The van der Waals surface area contributed by atoms with Gasteiger partial charge in [0.05, 0.1) is 16.6 Å². The van der Waals surface area contributed by atoms with Crippen LogP contribution in [-0.4, -0.2) is 28.0 Å². The van der Waals surface area contributed by atoms with Crippen molar-refractivity contribution < 1.29 is 14.7 Å². The Hall–Kier alpha value is -1.43. The molecule has 6 heteroatoms. The Labute approximate surface area is 116 Å². The van der Waals surface area contributed by atoms with Gasteiger partial charge in [-0.3, -0.25) is 9.59 Å². The Morgan fingerprint density at radius 2 is 2.26 bits per heavy atom. The lowest BCUT2D eigenvalue weighted by atomic mass is 9.80. The first-order valence-corrected chi connectivity index (χ1v) is 7.35. The summed E-state index contributed by atoms with van der Waals surface area (Å²) in [5.41, 5.74) is 1.05. The summed E-state index contributed by atoms with van der Waals surface area (Å²) in [6.45, 7) is 1.97. The highest BCUT2D eigenvalue weighted by Crippen LogP contribution is 2.27. The second-order valence-electron chi connectivity index (χ2n) is 4.98. The van der Waals surface area contributed by atoms with E-state index in [1.54, 1.807) is 11.3 Å². The van der Waals surface area contributed by atoms with Gasteiger partial charge in [-0.2, -0.15) is 0 Å². The summed E-state index contributed by atoms with van der Waals surface area (Å²) in [6.07, 6.45) is 3.20. The molecule has 0 aromatic carbocycles. The number of aryl methyl sites for hydroxylation is 2. The predicted molar refractivity (Wildman–Crippen MR) is 72.1 cm³/mol. The van der Waals surface area contributed by atoms with Crippen molar-refractivity contribution in [2.45, 2.75) is 45.1 Å². The molecule has 1 saturated carbocycles. The molecule has 19 heavy (non-hydrogen) atoms. The van der Waals surface area contributed by atoms with E-state index in [-0.39, 0.29) is 17.9 Å². The van der Waals surface area contributed by atoms with Gasteiger partial charge in [-0.15, -0.1) is 11.3 Å². The molecule has 2 rings (SSSR count). The predicted octanol–water partition coefficient (Wildman–Crippen LogP) is 1.75. The van der Waals surface area contributed by atoms with Gasteiger partial charge in [0.2, 0.25) is 5.91 Å². The topological polar surface area (TPSA) is 79.3 Å². The Kier molecular flexibility index (Phi) is 4.52. The van der Waals surface area contributed by atoms with Gasteiger partial charge < -0.3 is 10.4 Å². The van der Waals surface area contributed by atoms with Crippen molar-refractivity contribution in [3.63, 3.8) is 0 Å². The van der Waals surface area contributed by atoms with Crippen LogP contribution in [-0.2, 0) is 16.0 Å². The molecular weight excluding hydrogens is 264 g/mol. The number of carboxylic acids is 1. The number of nitrogens with zero attached hydrogens (tertiary/aromatic N) is 1. The van der Waals surface area contributed by atoms with Gasteiger partial charge in [0, 0.05) is 17.8 Å². The lowest BCUT2D eigenvalue weighted by Crippen LogP contribution is -2.46. The third kappa shape index (κ3) is 4.02. The standard InChI is InChI=1S/C13H18N2O3S/c1-8-14-10(7-19-8)3-2-4-12(16)15-11-5-9(6-11)13(17)18/h7,9,11H,2-6H2,1H3,(H,15,16)(H,17,18). The molecule has 1 aliphatic rings. The number of hydrogen-bond acceptors (Lipinski definition) is 4. The Morgan fingerprint density at radius 1 is 1.53 bits per heavy atom. The van der Waals surface area contributed by atoms with E-state index in [0.717, 1.165) is 23.5 Å². The van der Waals surface area contributed by atoms with E-state index in [1.165, 1.54) is 0 Å². The van der Waals surface area contributed by atoms with Crippen molar-refractivity contribution >= 4 is 23.2 Å². The third-order valence-corrected chi connectivity index (χ3v) is 4.18. The second-order valence-corrected chi connectivity index (χ2v) is 6.04. The molecule has 1 amide bonds. The molecule has 1 aromatic heterocycles. The number of hydrogen-bond donors (Lipinski definition) is 2. The number of nitrogens with one attached hydrogen (secondary N) is 1. The molecule has 0 unspecified atom stereocenters. The molecule has 0 atom stereocenters. The largest absolute Gasteiger partial charge is 0.481 e. The zero-order valence-electron chi connectivity index (χ0n) is 10.9. The first-order chi connectivity index (χ1) is 9.04. The average Bonchev–Trinajstić information content (AvgIpc) is 2.68. The van der Waals surface area contributed by atoms with Crippen molar-refractivity contribution in [2.75, 3.05) is 0 Å². The number of rotatable bonds is 6. The highest BCUT2D eigenvalue weighted by molar-refractivity contribution is 7.09. The summed E-state index contributed by atoms with van der Waals surface area (Å²) in [6, 6.07) is 0.0510. The van der Waals surface area contributed by atoms with Crippen LogP contribution < -0.4 is 5.32 Å². The molecule has 5 nitrogen and oxygen atoms in total. The van der Waals surface area contributed by atoms with E-state index in [4.69, 9.17) is 5.11 Å². The van der Waals surface area contributed by atoms with Gasteiger partial charge in [-0.05, 0) is 32.6 Å². The number of thiazole rings is 1. The summed E-state index contributed by atoms with van der Waals surface area (Å²) < 4.78 is 0. The molecule has 1 aliphatic carbocycles. The maximum Gasteiger partial charge on any atom is 0.306 e. The van der Waals surface area contributed by atoms with Crippen LogP contribution in [0.15, 0.2) is 5.38 Å². The first-order valence-electron chi connectivity index (χ1n) is 6.48. The van der Waals surface area contributed by atoms with Crippen molar-refractivity contribution in [3.8, 4) is 0 Å². The van der Waals surface area contributed by atoms with Crippen LogP contribution in [0.3, 0.4) is 0 Å². The highest BCUT2D eigenvalue weighted by Gasteiger charge is 2.34. The van der Waals surface area contributed by atoms with Gasteiger partial charge in [-0.1, -0.05) is 0 Å². The monoisotopic (exact) mass is 282 g/mol. The zero-order valence-corrected chi connectivity index (χ0v) is 11.7. The SMILES string of the molecule is Cc1nc(CCCC(=O)NC2CC(C(=O)O)C2)cs1. The molecule has 1 heterocycles. The molecule has 2 N–H and O–H groups in total. The average molecular weight is 282 g/mol. The van der Waals surface area contributed by atoms with Crippen LogP contribution in [0, 0.1) is 12.8 Å². The maximum atomic E-state index is 11.6. The fraction of sp³-hybridized carbons (Fsp3) is 0.615. The molecule has 0 bridgehead atoms. The van der Waals surface area contributed by atoms with Crippen LogP contribution in [0.1, 0.15) is 36.4 Å². The minimum Gasteiger partial charge on any atom is -0.481 e. The Morgan fingerprint density at radius 3 is 2.84 bits per heavy atom. The smallest absolute Gasteiger partial charge is 0.306 e. The second kappa shape index (κ2) is 6.14. The fourth-order valence-corrected chi connectivity index (χ4v) is 2.84. The highest BCUT2D eigenvalue weighted by atomic mass is 32.1. The van der Waals surface area contributed by atoms with Gasteiger partial charge in [-0.25, -0.2) is 4.98 Å². The molecule has 0 radical (unpaired) electrons. The van der Waals surface area contributed by atoms with Crippen molar-refractivity contribution in [3.05, 3.63) is 16.1 Å². The van der Waals surface area contributed by atoms with Crippen molar-refractivity contribution in [2.24, 2.45) is 5.92 Å². The van der Waals surface area contributed by atoms with E-state index >= 15 is 0 Å². The van der Waals surface area contributed by atoms with Gasteiger partial charge >= 0.3 is 5.97 Å². The number of carbonyl (C=O) groups is 2. The van der Waals surface area contributed by atoms with E-state index in [9.17, 15) is 9.59 Å². The number of aliphatic carboxylic acids is 1. The number of carboxylic acid groups (broad SMARTS) is 1. The van der Waals surface area contributed by atoms with E-state index in [2.05, 4.69) is 10.3 Å². The minimum atomic E-state index is -0.760. The summed E-state index contributed by atoms with van der Waals surface area (Å²) in [5.74, 6) is -1.02. The molecule has 1 fully saturated rings. The first kappa shape index (κ1) is 14.0. The summed E-state index contributed by atoms with van der Waals surface area (Å²) >= 11 is 1.62. The van der Waals surface area contributed by atoms with Gasteiger partial charge in [0.15, 0.2) is 0 Å². The third-order valence-electron chi connectivity index (χ3n) is 3.36. The lowest BCUT2D eigenvalue weighted by Gasteiger charge is -2.32. The zero-order chi connectivity index (χ0) is 13.8. The normalized spacial score (nSPS) is 21.7. The number of amides is 1. The minimum absolute atomic E-state index is 0.0146. The molecule has 0 aliphatic heterocycles. The number of aromatic nitrogens is 1. The van der Waals surface area contributed by atoms with E-state index < -0.39 is 5.97 Å². The molecule has 104 valence electrons. The van der Waals surface area contributed by atoms with E-state index in [1.807, 2.05) is 12.3 Å². The van der Waals surface area contributed by atoms with Gasteiger partial charge in [0.1, 0.15) is 0 Å².